The summed E-state index contributed by atoms with van der Waals surface area (Å²) in [6, 6.07) is 0.157. The minimum absolute atomic E-state index is 0.00281. The van der Waals surface area contributed by atoms with Crippen molar-refractivity contribution in [1.29, 1.82) is 0 Å². The summed E-state index contributed by atoms with van der Waals surface area (Å²) < 4.78 is 5.37. The maximum Gasteiger partial charge on any atom is 0.410 e. The van der Waals surface area contributed by atoms with Crippen LogP contribution in [0.25, 0.3) is 0 Å². The van der Waals surface area contributed by atoms with Crippen molar-refractivity contribution in [3.8, 4) is 0 Å². The molecule has 0 aliphatic carbocycles. The summed E-state index contributed by atoms with van der Waals surface area (Å²) in [6.45, 7) is 8.22. The SMILES string of the molecule is CC(C=O)CC1CCCN1C(=O)OC(C)(C)C. The maximum absolute atomic E-state index is 12.0. The van der Waals surface area contributed by atoms with Gasteiger partial charge in [0.2, 0.25) is 0 Å². The lowest BCUT2D eigenvalue weighted by Gasteiger charge is -2.29. The molecule has 0 radical (unpaired) electrons. The van der Waals surface area contributed by atoms with E-state index in [1.807, 2.05) is 27.7 Å². The molecule has 17 heavy (non-hydrogen) atoms. The van der Waals surface area contributed by atoms with E-state index in [1.54, 1.807) is 4.90 Å². The van der Waals surface area contributed by atoms with Crippen molar-refractivity contribution in [3.63, 3.8) is 0 Å². The van der Waals surface area contributed by atoms with E-state index in [0.29, 0.717) is 0 Å². The van der Waals surface area contributed by atoms with Crippen molar-refractivity contribution in [2.75, 3.05) is 6.54 Å². The summed E-state index contributed by atoms with van der Waals surface area (Å²) >= 11 is 0. The predicted octanol–water partition coefficient (Wildman–Crippen LogP) is 2.61. The second-order valence-electron chi connectivity index (χ2n) is 5.82. The highest BCUT2D eigenvalue weighted by Gasteiger charge is 2.32. The zero-order valence-electron chi connectivity index (χ0n) is 11.2. The van der Waals surface area contributed by atoms with Crippen LogP contribution in [0, 0.1) is 5.92 Å². The van der Waals surface area contributed by atoms with Gasteiger partial charge in [-0.05, 0) is 40.0 Å². The quantitative estimate of drug-likeness (QED) is 0.713. The normalized spacial score (nSPS) is 22.4. The fraction of sp³-hybridized carbons (Fsp3) is 0.846. The van der Waals surface area contributed by atoms with Crippen molar-refractivity contribution in [1.82, 2.24) is 4.90 Å². The molecule has 1 amide bonds. The first kappa shape index (κ1) is 14.0. The van der Waals surface area contributed by atoms with E-state index in [0.717, 1.165) is 32.1 Å². The molecule has 0 aromatic heterocycles. The molecule has 1 saturated heterocycles. The van der Waals surface area contributed by atoms with E-state index in [-0.39, 0.29) is 18.1 Å². The van der Waals surface area contributed by atoms with Gasteiger partial charge >= 0.3 is 6.09 Å². The number of carbonyl (C=O) groups excluding carboxylic acids is 2. The Kier molecular flexibility index (Phi) is 4.54. The number of carbonyl (C=O) groups is 2. The van der Waals surface area contributed by atoms with Crippen LogP contribution >= 0.6 is 0 Å². The third kappa shape index (κ3) is 4.36. The Morgan fingerprint density at radius 3 is 2.71 bits per heavy atom. The van der Waals surface area contributed by atoms with E-state index in [2.05, 4.69) is 0 Å². The second kappa shape index (κ2) is 5.52. The Morgan fingerprint density at radius 2 is 2.18 bits per heavy atom. The first-order valence-electron chi connectivity index (χ1n) is 6.28. The Hall–Kier alpha value is -1.06. The summed E-state index contributed by atoms with van der Waals surface area (Å²) in [4.78, 5) is 24.4. The Bertz CT molecular complexity index is 283. The van der Waals surface area contributed by atoms with E-state index in [4.69, 9.17) is 4.74 Å². The van der Waals surface area contributed by atoms with Gasteiger partial charge in [-0.15, -0.1) is 0 Å². The molecular weight excluding hydrogens is 218 g/mol. The summed E-state index contributed by atoms with van der Waals surface area (Å²) in [7, 11) is 0. The first-order chi connectivity index (χ1) is 7.83. The average molecular weight is 241 g/mol. The number of hydrogen-bond acceptors (Lipinski definition) is 3. The highest BCUT2D eigenvalue weighted by molar-refractivity contribution is 5.69. The van der Waals surface area contributed by atoms with E-state index in [9.17, 15) is 9.59 Å². The van der Waals surface area contributed by atoms with E-state index in [1.165, 1.54) is 0 Å². The van der Waals surface area contributed by atoms with Gasteiger partial charge in [0, 0.05) is 18.5 Å². The lowest BCUT2D eigenvalue weighted by atomic mass is 10.0. The standard InChI is InChI=1S/C13H23NO3/c1-10(9-15)8-11-6-5-7-14(11)12(16)17-13(2,3)4/h9-11H,5-8H2,1-4H3. The van der Waals surface area contributed by atoms with Crippen LogP contribution in [0.3, 0.4) is 0 Å². The van der Waals surface area contributed by atoms with Crippen molar-refractivity contribution in [2.24, 2.45) is 5.92 Å². The second-order valence-corrected chi connectivity index (χ2v) is 5.82. The summed E-state index contributed by atoms with van der Waals surface area (Å²) in [6.07, 6.45) is 3.40. The number of likely N-dealkylation sites (tertiary alicyclic amines) is 1. The Morgan fingerprint density at radius 1 is 1.53 bits per heavy atom. The lowest BCUT2D eigenvalue weighted by molar-refractivity contribution is -0.111. The van der Waals surface area contributed by atoms with Crippen LogP contribution in [-0.2, 0) is 9.53 Å². The molecule has 1 aliphatic heterocycles. The molecule has 4 nitrogen and oxygen atoms in total. The van der Waals surface area contributed by atoms with Gasteiger partial charge in [0.05, 0.1) is 0 Å². The van der Waals surface area contributed by atoms with Crippen LogP contribution in [0.1, 0.15) is 47.0 Å². The molecule has 1 aliphatic rings. The number of ether oxygens (including phenoxy) is 1. The highest BCUT2D eigenvalue weighted by atomic mass is 16.6. The van der Waals surface area contributed by atoms with Crippen molar-refractivity contribution < 1.29 is 14.3 Å². The molecule has 0 saturated carbocycles. The molecule has 0 bridgehead atoms. The number of aldehydes is 1. The molecule has 0 N–H and O–H groups in total. The molecule has 0 aromatic rings. The van der Waals surface area contributed by atoms with Gasteiger partial charge in [-0.25, -0.2) is 4.79 Å². The number of hydrogen-bond donors (Lipinski definition) is 0. The van der Waals surface area contributed by atoms with Gasteiger partial charge in [0.25, 0.3) is 0 Å². The van der Waals surface area contributed by atoms with Crippen molar-refractivity contribution >= 4 is 12.4 Å². The van der Waals surface area contributed by atoms with Crippen molar-refractivity contribution in [2.45, 2.75) is 58.6 Å². The molecule has 0 aromatic carbocycles. The van der Waals surface area contributed by atoms with Gasteiger partial charge in [0.15, 0.2) is 0 Å². The first-order valence-corrected chi connectivity index (χ1v) is 6.28. The largest absolute Gasteiger partial charge is 0.444 e. The lowest BCUT2D eigenvalue weighted by Crippen LogP contribution is -2.40. The Balaban J connectivity index is 2.56. The maximum atomic E-state index is 12.0. The minimum atomic E-state index is -0.458. The molecule has 0 spiro atoms. The molecule has 2 unspecified atom stereocenters. The summed E-state index contributed by atoms with van der Waals surface area (Å²) in [5, 5.41) is 0. The number of amides is 1. The van der Waals surface area contributed by atoms with E-state index >= 15 is 0 Å². The third-order valence-electron chi connectivity index (χ3n) is 2.88. The molecule has 4 heteroatoms. The zero-order chi connectivity index (χ0) is 13.1. The molecular formula is C13H23NO3. The summed E-state index contributed by atoms with van der Waals surface area (Å²) in [5.41, 5.74) is -0.458. The molecule has 1 rings (SSSR count). The number of nitrogens with zero attached hydrogens (tertiary/aromatic N) is 1. The van der Waals surface area contributed by atoms with Gasteiger partial charge in [-0.1, -0.05) is 6.92 Å². The van der Waals surface area contributed by atoms with Crippen LogP contribution in [-0.4, -0.2) is 35.5 Å². The highest BCUT2D eigenvalue weighted by Crippen LogP contribution is 2.25. The van der Waals surface area contributed by atoms with Crippen LogP contribution in [0.2, 0.25) is 0 Å². The predicted molar refractivity (Wildman–Crippen MR) is 65.8 cm³/mol. The van der Waals surface area contributed by atoms with Gasteiger partial charge in [-0.3, -0.25) is 0 Å². The van der Waals surface area contributed by atoms with Crippen LogP contribution in [0.5, 0.6) is 0 Å². The zero-order valence-corrected chi connectivity index (χ0v) is 11.2. The van der Waals surface area contributed by atoms with Gasteiger partial charge in [0.1, 0.15) is 11.9 Å². The van der Waals surface area contributed by atoms with Crippen LogP contribution < -0.4 is 0 Å². The molecule has 1 fully saturated rings. The molecule has 98 valence electrons. The smallest absolute Gasteiger partial charge is 0.410 e. The fourth-order valence-electron chi connectivity index (χ4n) is 2.13. The monoisotopic (exact) mass is 241 g/mol. The summed E-state index contributed by atoms with van der Waals surface area (Å²) in [5.74, 6) is 0.00281. The fourth-order valence-corrected chi connectivity index (χ4v) is 2.13. The Labute approximate surface area is 103 Å². The number of rotatable bonds is 3. The molecule has 1 heterocycles. The third-order valence-corrected chi connectivity index (χ3v) is 2.88. The van der Waals surface area contributed by atoms with E-state index < -0.39 is 5.60 Å². The van der Waals surface area contributed by atoms with Gasteiger partial charge in [-0.2, -0.15) is 0 Å². The average Bonchev–Trinajstić information content (AvgIpc) is 2.63. The topological polar surface area (TPSA) is 46.6 Å². The van der Waals surface area contributed by atoms with Gasteiger partial charge < -0.3 is 14.4 Å². The van der Waals surface area contributed by atoms with Crippen LogP contribution in [0.15, 0.2) is 0 Å². The van der Waals surface area contributed by atoms with Crippen LogP contribution in [0.4, 0.5) is 4.79 Å². The minimum Gasteiger partial charge on any atom is -0.444 e. The van der Waals surface area contributed by atoms with Crippen molar-refractivity contribution in [3.05, 3.63) is 0 Å². The molecule has 2 atom stereocenters.